The highest BCUT2D eigenvalue weighted by atomic mass is 79.9. The molecule has 1 aromatic rings. The van der Waals surface area contributed by atoms with Crippen LogP contribution in [0.5, 0.6) is 5.75 Å². The molecule has 0 fully saturated rings. The second-order valence-corrected chi connectivity index (χ2v) is 3.78. The van der Waals surface area contributed by atoms with Gasteiger partial charge in [0, 0.05) is 25.5 Å². The van der Waals surface area contributed by atoms with Crippen LogP contribution in [-0.4, -0.2) is 20.3 Å². The van der Waals surface area contributed by atoms with Gasteiger partial charge in [0.15, 0.2) is 17.4 Å². The number of hydrogen-bond donors (Lipinski definition) is 0. The minimum absolute atomic E-state index is 0.231. The maximum atomic E-state index is 13.4. The molecule has 0 aliphatic rings. The van der Waals surface area contributed by atoms with Gasteiger partial charge in [0.25, 0.3) is 0 Å². The zero-order chi connectivity index (χ0) is 12.0. The summed E-state index contributed by atoms with van der Waals surface area (Å²) >= 11 is 3.13. The zero-order valence-electron chi connectivity index (χ0n) is 8.93. The first-order valence-electron chi connectivity index (χ1n) is 4.84. The molecule has 0 aliphatic carbocycles. The molecule has 0 saturated heterocycles. The Morgan fingerprint density at radius 2 is 1.81 bits per heavy atom. The van der Waals surface area contributed by atoms with Crippen molar-refractivity contribution in [3.8, 4) is 5.75 Å². The highest BCUT2D eigenvalue weighted by molar-refractivity contribution is 9.08. The number of halogens is 3. The summed E-state index contributed by atoms with van der Waals surface area (Å²) < 4.78 is 36.6. The van der Waals surface area contributed by atoms with Crippen molar-refractivity contribution < 1.29 is 18.3 Å². The molecule has 0 atom stereocenters. The van der Waals surface area contributed by atoms with Crippen molar-refractivity contribution in [3.63, 3.8) is 0 Å². The maximum absolute atomic E-state index is 13.4. The largest absolute Gasteiger partial charge is 0.488 e. The first-order chi connectivity index (χ1) is 7.69. The van der Waals surface area contributed by atoms with Crippen molar-refractivity contribution in [1.29, 1.82) is 0 Å². The third-order valence-electron chi connectivity index (χ3n) is 1.95. The van der Waals surface area contributed by atoms with Gasteiger partial charge in [-0.2, -0.15) is 0 Å². The van der Waals surface area contributed by atoms with Gasteiger partial charge in [0.1, 0.15) is 0 Å². The molecule has 0 saturated carbocycles. The molecular weight excluding hydrogens is 282 g/mol. The van der Waals surface area contributed by atoms with Crippen LogP contribution < -0.4 is 4.74 Å². The van der Waals surface area contributed by atoms with E-state index in [-0.39, 0.29) is 12.4 Å². The van der Waals surface area contributed by atoms with Crippen LogP contribution >= 0.6 is 15.9 Å². The van der Waals surface area contributed by atoms with Crippen molar-refractivity contribution in [3.05, 3.63) is 29.3 Å². The third-order valence-corrected chi connectivity index (χ3v) is 2.60. The van der Waals surface area contributed by atoms with Gasteiger partial charge < -0.3 is 9.47 Å². The van der Waals surface area contributed by atoms with Crippen LogP contribution in [0.4, 0.5) is 8.78 Å². The topological polar surface area (TPSA) is 18.5 Å². The van der Waals surface area contributed by atoms with Gasteiger partial charge in [0.2, 0.25) is 0 Å². The van der Waals surface area contributed by atoms with E-state index in [2.05, 4.69) is 15.9 Å². The van der Waals surface area contributed by atoms with E-state index in [1.54, 1.807) is 7.11 Å². The summed E-state index contributed by atoms with van der Waals surface area (Å²) in [7, 11) is 1.56. The standard InChI is InChI=1S/C11H13BrF2O2/c1-15-3-2-4-16-11-9(13)5-8(7-12)6-10(11)14/h5-6H,2-4,7H2,1H3. The summed E-state index contributed by atoms with van der Waals surface area (Å²) in [5, 5.41) is 0.408. The van der Waals surface area contributed by atoms with Gasteiger partial charge >= 0.3 is 0 Å². The molecule has 90 valence electrons. The zero-order valence-corrected chi connectivity index (χ0v) is 10.5. The molecule has 1 aromatic carbocycles. The lowest BCUT2D eigenvalue weighted by Gasteiger charge is -2.09. The third kappa shape index (κ3) is 3.72. The van der Waals surface area contributed by atoms with E-state index in [1.807, 2.05) is 0 Å². The van der Waals surface area contributed by atoms with Gasteiger partial charge in [-0.05, 0) is 17.7 Å². The van der Waals surface area contributed by atoms with Crippen molar-refractivity contribution in [2.24, 2.45) is 0 Å². The van der Waals surface area contributed by atoms with Crippen LogP contribution in [0.1, 0.15) is 12.0 Å². The predicted octanol–water partition coefficient (Wildman–Crippen LogP) is 3.28. The highest BCUT2D eigenvalue weighted by Crippen LogP contribution is 2.24. The predicted molar refractivity (Wildman–Crippen MR) is 61.0 cm³/mol. The van der Waals surface area contributed by atoms with E-state index >= 15 is 0 Å². The Morgan fingerprint density at radius 3 is 2.31 bits per heavy atom. The summed E-state index contributed by atoms with van der Waals surface area (Å²) in [6.07, 6.45) is 0.593. The highest BCUT2D eigenvalue weighted by Gasteiger charge is 2.11. The van der Waals surface area contributed by atoms with E-state index in [0.717, 1.165) is 0 Å². The van der Waals surface area contributed by atoms with Gasteiger partial charge in [0.05, 0.1) is 6.61 Å². The van der Waals surface area contributed by atoms with Crippen LogP contribution in [0.2, 0.25) is 0 Å². The maximum Gasteiger partial charge on any atom is 0.190 e. The number of hydrogen-bond acceptors (Lipinski definition) is 2. The van der Waals surface area contributed by atoms with E-state index in [0.29, 0.717) is 23.9 Å². The molecule has 0 heterocycles. The SMILES string of the molecule is COCCCOc1c(F)cc(CBr)cc1F. The molecule has 0 N–H and O–H groups in total. The quantitative estimate of drug-likeness (QED) is 0.592. The van der Waals surface area contributed by atoms with Gasteiger partial charge in [-0.1, -0.05) is 15.9 Å². The summed E-state index contributed by atoms with van der Waals surface area (Å²) in [5.74, 6) is -1.67. The lowest BCUT2D eigenvalue weighted by molar-refractivity contribution is 0.168. The fourth-order valence-electron chi connectivity index (χ4n) is 1.20. The molecule has 1 rings (SSSR count). The minimum atomic E-state index is -0.674. The van der Waals surface area contributed by atoms with Gasteiger partial charge in [-0.15, -0.1) is 0 Å². The molecule has 0 unspecified atom stereocenters. The number of methoxy groups -OCH3 is 1. The monoisotopic (exact) mass is 294 g/mol. The van der Waals surface area contributed by atoms with Crippen LogP contribution in [0.15, 0.2) is 12.1 Å². The first-order valence-corrected chi connectivity index (χ1v) is 5.96. The van der Waals surface area contributed by atoms with E-state index in [1.165, 1.54) is 12.1 Å². The molecular formula is C11H13BrF2O2. The average Bonchev–Trinajstić information content (AvgIpc) is 2.26. The number of benzene rings is 1. The molecule has 0 amide bonds. The molecule has 0 spiro atoms. The molecule has 2 nitrogen and oxygen atoms in total. The van der Waals surface area contributed by atoms with Crippen LogP contribution in [-0.2, 0) is 10.1 Å². The molecule has 0 bridgehead atoms. The number of ether oxygens (including phenoxy) is 2. The second kappa shape index (κ2) is 6.81. The number of alkyl halides is 1. The average molecular weight is 295 g/mol. The van der Waals surface area contributed by atoms with Crippen LogP contribution in [0.3, 0.4) is 0 Å². The molecule has 16 heavy (non-hydrogen) atoms. The Kier molecular flexibility index (Phi) is 5.69. The lowest BCUT2D eigenvalue weighted by Crippen LogP contribution is -2.04. The van der Waals surface area contributed by atoms with E-state index < -0.39 is 11.6 Å². The van der Waals surface area contributed by atoms with Gasteiger partial charge in [-0.3, -0.25) is 0 Å². The summed E-state index contributed by atoms with van der Waals surface area (Å²) in [6, 6.07) is 2.51. The fraction of sp³-hybridized carbons (Fsp3) is 0.455. The Hall–Kier alpha value is -0.680. The minimum Gasteiger partial charge on any atom is -0.488 e. The smallest absolute Gasteiger partial charge is 0.190 e. The first kappa shape index (κ1) is 13.4. The van der Waals surface area contributed by atoms with E-state index in [4.69, 9.17) is 9.47 Å². The Labute approximate surface area is 102 Å². The fourth-order valence-corrected chi connectivity index (χ4v) is 1.53. The summed E-state index contributed by atoms with van der Waals surface area (Å²) in [6.45, 7) is 0.734. The summed E-state index contributed by atoms with van der Waals surface area (Å²) in [5.41, 5.74) is 0.541. The number of rotatable bonds is 6. The Balaban J connectivity index is 2.65. The molecule has 0 aliphatic heterocycles. The summed E-state index contributed by atoms with van der Waals surface area (Å²) in [4.78, 5) is 0. The van der Waals surface area contributed by atoms with Crippen molar-refractivity contribution in [1.82, 2.24) is 0 Å². The van der Waals surface area contributed by atoms with Crippen molar-refractivity contribution in [2.75, 3.05) is 20.3 Å². The molecule has 0 aromatic heterocycles. The van der Waals surface area contributed by atoms with Crippen LogP contribution in [0, 0.1) is 11.6 Å². The second-order valence-electron chi connectivity index (χ2n) is 3.22. The molecule has 0 radical (unpaired) electrons. The van der Waals surface area contributed by atoms with Crippen molar-refractivity contribution in [2.45, 2.75) is 11.8 Å². The van der Waals surface area contributed by atoms with Crippen LogP contribution in [0.25, 0.3) is 0 Å². The lowest BCUT2D eigenvalue weighted by atomic mass is 10.2. The Morgan fingerprint density at radius 1 is 1.19 bits per heavy atom. The Bertz CT molecular complexity index is 322. The normalized spacial score (nSPS) is 10.5. The van der Waals surface area contributed by atoms with Gasteiger partial charge in [-0.25, -0.2) is 8.78 Å². The van der Waals surface area contributed by atoms with E-state index in [9.17, 15) is 8.78 Å². The molecule has 5 heteroatoms. The van der Waals surface area contributed by atoms with Crippen molar-refractivity contribution >= 4 is 15.9 Å².